The van der Waals surface area contributed by atoms with E-state index < -0.39 is 18.1 Å². The van der Waals surface area contributed by atoms with Gasteiger partial charge in [-0.15, -0.1) is 5.10 Å². The van der Waals surface area contributed by atoms with Crippen molar-refractivity contribution in [3.8, 4) is 11.1 Å². The van der Waals surface area contributed by atoms with Crippen molar-refractivity contribution in [2.24, 2.45) is 0 Å². The van der Waals surface area contributed by atoms with Crippen LogP contribution < -0.4 is 5.32 Å². The van der Waals surface area contributed by atoms with Crippen LogP contribution >= 0.6 is 0 Å². The molecule has 0 fully saturated rings. The lowest BCUT2D eigenvalue weighted by Gasteiger charge is -2.17. The van der Waals surface area contributed by atoms with Crippen LogP contribution in [0.3, 0.4) is 0 Å². The monoisotopic (exact) mass is 407 g/mol. The lowest BCUT2D eigenvalue weighted by Crippen LogP contribution is -2.43. The lowest BCUT2D eigenvalue weighted by molar-refractivity contribution is -0.139. The highest BCUT2D eigenvalue weighted by Gasteiger charge is 2.30. The lowest BCUT2D eigenvalue weighted by atomic mass is 9.98. The number of rotatable bonds is 7. The fourth-order valence-corrected chi connectivity index (χ4v) is 3.78. The van der Waals surface area contributed by atoms with Crippen LogP contribution in [-0.4, -0.2) is 50.0 Å². The molecule has 30 heavy (non-hydrogen) atoms. The summed E-state index contributed by atoms with van der Waals surface area (Å²) in [4.78, 5) is 24.0. The van der Waals surface area contributed by atoms with E-state index in [1.54, 1.807) is 0 Å². The number of tetrazole rings is 1. The van der Waals surface area contributed by atoms with Crippen molar-refractivity contribution < 1.29 is 19.4 Å². The second-order valence-electron chi connectivity index (χ2n) is 6.98. The number of nitrogens with zero attached hydrogens (tertiary/aromatic N) is 4. The molecule has 1 atom stereocenters. The fraction of sp³-hybridized carbons (Fsp3) is 0.286. The van der Waals surface area contributed by atoms with E-state index >= 15 is 0 Å². The minimum atomic E-state index is -1.20. The van der Waals surface area contributed by atoms with Gasteiger partial charge in [0.05, 0.1) is 0 Å². The van der Waals surface area contributed by atoms with E-state index in [1.165, 1.54) is 4.68 Å². The number of fused-ring (bicyclic) bond motifs is 3. The summed E-state index contributed by atoms with van der Waals surface area (Å²) in [6.45, 7) is 2.45. The van der Waals surface area contributed by atoms with Crippen molar-refractivity contribution >= 4 is 12.1 Å². The predicted octanol–water partition coefficient (Wildman–Crippen LogP) is 2.23. The van der Waals surface area contributed by atoms with Crippen molar-refractivity contribution in [2.45, 2.75) is 31.8 Å². The third-order valence-corrected chi connectivity index (χ3v) is 5.23. The van der Waals surface area contributed by atoms with Crippen LogP contribution in [0.15, 0.2) is 48.5 Å². The summed E-state index contributed by atoms with van der Waals surface area (Å²) >= 11 is 0. The van der Waals surface area contributed by atoms with Gasteiger partial charge in [0.2, 0.25) is 0 Å². The maximum absolute atomic E-state index is 12.4. The van der Waals surface area contributed by atoms with Gasteiger partial charge in [-0.05, 0) is 39.6 Å². The molecule has 0 saturated heterocycles. The first-order valence-electron chi connectivity index (χ1n) is 9.67. The number of carbonyl (C=O) groups is 2. The smallest absolute Gasteiger partial charge is 0.407 e. The Morgan fingerprint density at radius 3 is 2.37 bits per heavy atom. The first-order valence-corrected chi connectivity index (χ1v) is 9.67. The minimum absolute atomic E-state index is 0.0413. The van der Waals surface area contributed by atoms with Gasteiger partial charge in [0.25, 0.3) is 0 Å². The van der Waals surface area contributed by atoms with Gasteiger partial charge < -0.3 is 15.2 Å². The Kier molecular flexibility index (Phi) is 5.42. The van der Waals surface area contributed by atoms with E-state index in [1.807, 2.05) is 55.5 Å². The summed E-state index contributed by atoms with van der Waals surface area (Å²) in [5, 5.41) is 23.0. The zero-order valence-corrected chi connectivity index (χ0v) is 16.4. The first kappa shape index (κ1) is 19.6. The predicted molar refractivity (Wildman–Crippen MR) is 107 cm³/mol. The van der Waals surface area contributed by atoms with Crippen molar-refractivity contribution in [1.29, 1.82) is 0 Å². The zero-order valence-electron chi connectivity index (χ0n) is 16.4. The number of hydrogen-bond donors (Lipinski definition) is 2. The number of amides is 1. The second kappa shape index (κ2) is 8.32. The van der Waals surface area contributed by atoms with Gasteiger partial charge in [-0.1, -0.05) is 48.5 Å². The van der Waals surface area contributed by atoms with Gasteiger partial charge in [-0.25, -0.2) is 14.3 Å². The zero-order chi connectivity index (χ0) is 21.1. The van der Waals surface area contributed by atoms with Gasteiger partial charge >= 0.3 is 12.1 Å². The van der Waals surface area contributed by atoms with Gasteiger partial charge in [0.1, 0.15) is 12.6 Å². The molecular weight excluding hydrogens is 386 g/mol. The molecule has 0 bridgehead atoms. The van der Waals surface area contributed by atoms with Crippen molar-refractivity contribution in [3.05, 3.63) is 65.5 Å². The molecule has 0 spiro atoms. The summed E-state index contributed by atoms with van der Waals surface area (Å²) < 4.78 is 6.91. The van der Waals surface area contributed by atoms with Crippen LogP contribution in [0.25, 0.3) is 11.1 Å². The number of nitrogens with one attached hydrogen (secondary N) is 1. The number of aryl methyl sites for hydroxylation is 1. The molecule has 3 aromatic rings. The Balaban J connectivity index is 1.43. The quantitative estimate of drug-likeness (QED) is 0.616. The summed E-state index contributed by atoms with van der Waals surface area (Å²) in [5.74, 6) is -0.906. The number of aliphatic carboxylic acids is 1. The van der Waals surface area contributed by atoms with E-state index in [2.05, 4.69) is 20.8 Å². The molecule has 0 aliphatic heterocycles. The molecule has 1 aliphatic carbocycles. The molecule has 2 N–H and O–H groups in total. The molecule has 154 valence electrons. The standard InChI is InChI=1S/C21H21N5O4/c1-2-26-19(23-24-25-26)11-18(20(27)28)22-21(29)30-12-17-15-9-5-3-7-13(15)14-8-4-6-10-16(14)17/h3-10,17-18H,2,11-12H2,1H3,(H,22,29)(H,27,28). The van der Waals surface area contributed by atoms with Gasteiger partial charge in [0, 0.05) is 18.9 Å². The van der Waals surface area contributed by atoms with E-state index in [4.69, 9.17) is 4.74 Å². The Morgan fingerprint density at radius 2 is 1.77 bits per heavy atom. The molecule has 1 heterocycles. The number of carbonyl (C=O) groups excluding carboxylic acids is 1. The Hall–Kier alpha value is -3.75. The average Bonchev–Trinajstić information content (AvgIpc) is 3.33. The SMILES string of the molecule is CCn1nnnc1CC(NC(=O)OCC1c2ccccc2-c2ccccc21)C(=O)O. The molecular formula is C21H21N5O4. The van der Waals surface area contributed by atoms with Crippen LogP contribution in [-0.2, 0) is 22.5 Å². The normalized spacial score (nSPS) is 13.4. The summed E-state index contributed by atoms with van der Waals surface area (Å²) in [6, 6.07) is 14.8. The topological polar surface area (TPSA) is 119 Å². The molecule has 1 aliphatic rings. The van der Waals surface area contributed by atoms with Gasteiger partial charge in [0.15, 0.2) is 5.82 Å². The number of hydrogen-bond acceptors (Lipinski definition) is 6. The molecule has 9 heteroatoms. The Morgan fingerprint density at radius 1 is 1.13 bits per heavy atom. The molecule has 9 nitrogen and oxygen atoms in total. The van der Waals surface area contributed by atoms with Gasteiger partial charge in [-0.2, -0.15) is 0 Å². The first-order chi connectivity index (χ1) is 14.6. The second-order valence-corrected chi connectivity index (χ2v) is 6.98. The molecule has 1 aromatic heterocycles. The van der Waals surface area contributed by atoms with Crippen molar-refractivity contribution in [3.63, 3.8) is 0 Å². The average molecular weight is 407 g/mol. The van der Waals surface area contributed by atoms with Crippen molar-refractivity contribution in [1.82, 2.24) is 25.5 Å². The number of ether oxygens (including phenoxy) is 1. The molecule has 0 saturated carbocycles. The molecule has 2 aromatic carbocycles. The van der Waals surface area contributed by atoms with E-state index in [0.717, 1.165) is 22.3 Å². The van der Waals surface area contributed by atoms with E-state index in [-0.39, 0.29) is 18.9 Å². The third kappa shape index (κ3) is 3.73. The van der Waals surface area contributed by atoms with Gasteiger partial charge in [-0.3, -0.25) is 0 Å². The largest absolute Gasteiger partial charge is 0.480 e. The summed E-state index contributed by atoms with van der Waals surface area (Å²) in [6.07, 6.45) is -0.833. The molecule has 4 rings (SSSR count). The maximum Gasteiger partial charge on any atom is 0.407 e. The number of aromatic nitrogens is 4. The molecule has 1 unspecified atom stereocenters. The number of carboxylic acids is 1. The van der Waals surface area contributed by atoms with E-state index in [9.17, 15) is 14.7 Å². The van der Waals surface area contributed by atoms with Crippen LogP contribution in [0.5, 0.6) is 0 Å². The molecule has 0 radical (unpaired) electrons. The minimum Gasteiger partial charge on any atom is -0.480 e. The van der Waals surface area contributed by atoms with E-state index in [0.29, 0.717) is 12.4 Å². The highest BCUT2D eigenvalue weighted by atomic mass is 16.5. The van der Waals surface area contributed by atoms with Crippen LogP contribution in [0, 0.1) is 0 Å². The van der Waals surface area contributed by atoms with Crippen molar-refractivity contribution in [2.75, 3.05) is 6.61 Å². The van der Waals surface area contributed by atoms with Crippen LogP contribution in [0.2, 0.25) is 0 Å². The highest BCUT2D eigenvalue weighted by molar-refractivity contribution is 5.81. The fourth-order valence-electron chi connectivity index (χ4n) is 3.78. The maximum atomic E-state index is 12.4. The Bertz CT molecular complexity index is 1040. The number of alkyl carbamates (subject to hydrolysis) is 1. The number of carboxylic acid groups (broad SMARTS) is 1. The Labute approximate surface area is 172 Å². The van der Waals surface area contributed by atoms with Crippen LogP contribution in [0.1, 0.15) is 29.8 Å². The summed E-state index contributed by atoms with van der Waals surface area (Å²) in [7, 11) is 0. The highest BCUT2D eigenvalue weighted by Crippen LogP contribution is 2.44. The summed E-state index contributed by atoms with van der Waals surface area (Å²) in [5.41, 5.74) is 4.42. The number of benzene rings is 2. The third-order valence-electron chi connectivity index (χ3n) is 5.23. The van der Waals surface area contributed by atoms with Crippen LogP contribution in [0.4, 0.5) is 4.79 Å². The molecule has 1 amide bonds.